The first kappa shape index (κ1) is 28.2. The van der Waals surface area contributed by atoms with Crippen molar-refractivity contribution in [3.63, 3.8) is 0 Å². The zero-order valence-corrected chi connectivity index (χ0v) is 28.8. The third-order valence-electron chi connectivity index (χ3n) is 11.9. The first-order valence-electron chi connectivity index (χ1n) is 18.1. The molecule has 0 fully saturated rings. The van der Waals surface area contributed by atoms with E-state index in [2.05, 4.69) is 170 Å². The van der Waals surface area contributed by atoms with Gasteiger partial charge in [-0.3, -0.25) is 0 Å². The van der Waals surface area contributed by atoms with Gasteiger partial charge in [0, 0.05) is 43.5 Å². The second kappa shape index (κ2) is 9.80. The van der Waals surface area contributed by atoms with Crippen molar-refractivity contribution in [1.29, 1.82) is 0 Å². The highest BCUT2D eigenvalue weighted by Crippen LogP contribution is 2.50. The van der Waals surface area contributed by atoms with Crippen molar-refractivity contribution in [2.24, 2.45) is 0 Å². The van der Waals surface area contributed by atoms with Crippen LogP contribution in [-0.2, 0) is 5.41 Å². The van der Waals surface area contributed by atoms with Gasteiger partial charge in [0.25, 0.3) is 0 Å². The number of hydrogen-bond donors (Lipinski definition) is 0. The molecule has 0 unspecified atom stereocenters. The summed E-state index contributed by atoms with van der Waals surface area (Å²) < 4.78 is 2.47. The molecule has 11 aromatic rings. The molecule has 3 nitrogen and oxygen atoms in total. The third kappa shape index (κ3) is 3.50. The van der Waals surface area contributed by atoms with Gasteiger partial charge < -0.3 is 4.40 Å². The van der Waals surface area contributed by atoms with E-state index < -0.39 is 0 Å². The predicted molar refractivity (Wildman–Crippen MR) is 218 cm³/mol. The average Bonchev–Trinajstić information content (AvgIpc) is 3.66. The molecule has 0 N–H and O–H groups in total. The predicted octanol–water partition coefficient (Wildman–Crippen LogP) is 12.7. The maximum absolute atomic E-state index is 5.62. The van der Waals surface area contributed by atoms with E-state index in [9.17, 15) is 0 Å². The van der Waals surface area contributed by atoms with Crippen molar-refractivity contribution in [3.8, 4) is 33.8 Å². The van der Waals surface area contributed by atoms with Crippen molar-refractivity contribution < 1.29 is 0 Å². The van der Waals surface area contributed by atoms with Gasteiger partial charge in [-0.05, 0) is 74.1 Å². The Labute approximate surface area is 299 Å². The van der Waals surface area contributed by atoms with E-state index in [1.54, 1.807) is 0 Å². The van der Waals surface area contributed by atoms with E-state index in [1.165, 1.54) is 81.9 Å². The second-order valence-electron chi connectivity index (χ2n) is 14.9. The highest BCUT2D eigenvalue weighted by molar-refractivity contribution is 6.29. The lowest BCUT2D eigenvalue weighted by Gasteiger charge is -2.22. The standard InChI is InChI=1S/C49H31N3/c1-49(2)38-18-7-5-15-32(38)33-23-21-30(27-39(33)49)46-45-31-14-4-3-11-28(31)22-26-40(45)50-48(51-46)37-25-24-35-34-17-9-12-29-13-10-20-42(43(29)34)52-41-19-8-6-16-36(41)44(37)47(35)52/h3-27H,1-2H3. The Morgan fingerprint density at radius 1 is 0.462 bits per heavy atom. The maximum Gasteiger partial charge on any atom is 0.161 e. The third-order valence-corrected chi connectivity index (χ3v) is 11.9. The fraction of sp³-hybridized carbons (Fsp3) is 0.0612. The largest absolute Gasteiger partial charge is 0.308 e. The number of hydrogen-bond acceptors (Lipinski definition) is 2. The smallest absolute Gasteiger partial charge is 0.161 e. The zero-order valence-electron chi connectivity index (χ0n) is 28.8. The number of pyridine rings is 1. The molecule has 52 heavy (non-hydrogen) atoms. The summed E-state index contributed by atoms with van der Waals surface area (Å²) in [6, 6.07) is 55.5. The van der Waals surface area contributed by atoms with E-state index in [0.717, 1.165) is 33.5 Å². The van der Waals surface area contributed by atoms with Crippen molar-refractivity contribution in [2.45, 2.75) is 19.3 Å². The van der Waals surface area contributed by atoms with E-state index in [1.807, 2.05) is 0 Å². The first-order valence-corrected chi connectivity index (χ1v) is 18.1. The van der Waals surface area contributed by atoms with Gasteiger partial charge >= 0.3 is 0 Å². The SMILES string of the molecule is CC1(C)c2ccccc2-c2ccc(-c3nc(-c4ccc5c6cccc7cccc(c76)n6c7ccccc7c4c56)nc4ccc5ccccc5c34)cc21. The molecule has 3 heterocycles. The molecule has 0 atom stereocenters. The summed E-state index contributed by atoms with van der Waals surface area (Å²) in [5, 5.41) is 10.9. The van der Waals surface area contributed by atoms with Crippen molar-refractivity contribution >= 4 is 70.5 Å². The van der Waals surface area contributed by atoms with Gasteiger partial charge in [-0.2, -0.15) is 0 Å². The van der Waals surface area contributed by atoms with Crippen LogP contribution in [0.4, 0.5) is 0 Å². The molecule has 1 aliphatic rings. The fourth-order valence-corrected chi connectivity index (χ4v) is 9.57. The van der Waals surface area contributed by atoms with Crippen LogP contribution in [0.5, 0.6) is 0 Å². The molecular weight excluding hydrogens is 631 g/mol. The Hall–Kier alpha value is -6.58. The van der Waals surface area contributed by atoms with Crippen LogP contribution >= 0.6 is 0 Å². The molecule has 8 aromatic carbocycles. The number of para-hydroxylation sites is 1. The Morgan fingerprint density at radius 2 is 1.17 bits per heavy atom. The highest BCUT2D eigenvalue weighted by Gasteiger charge is 2.35. The van der Waals surface area contributed by atoms with Gasteiger partial charge in [-0.1, -0.05) is 135 Å². The minimum absolute atomic E-state index is 0.119. The molecule has 3 heteroatoms. The summed E-state index contributed by atoms with van der Waals surface area (Å²) in [5.41, 5.74) is 12.9. The molecule has 1 aliphatic carbocycles. The summed E-state index contributed by atoms with van der Waals surface area (Å²) in [4.78, 5) is 11.0. The lowest BCUT2D eigenvalue weighted by atomic mass is 9.81. The Kier molecular flexibility index (Phi) is 5.31. The highest BCUT2D eigenvalue weighted by atomic mass is 14.9. The van der Waals surface area contributed by atoms with Crippen LogP contribution in [0.2, 0.25) is 0 Å². The van der Waals surface area contributed by atoms with Gasteiger partial charge in [-0.25, -0.2) is 9.97 Å². The van der Waals surface area contributed by atoms with Crippen LogP contribution in [0, 0.1) is 0 Å². The maximum atomic E-state index is 5.62. The minimum Gasteiger partial charge on any atom is -0.308 e. The van der Waals surface area contributed by atoms with E-state index in [-0.39, 0.29) is 5.41 Å². The second-order valence-corrected chi connectivity index (χ2v) is 14.9. The molecule has 0 radical (unpaired) electrons. The number of fused-ring (bicyclic) bond motifs is 11. The molecule has 0 spiro atoms. The molecule has 242 valence electrons. The van der Waals surface area contributed by atoms with Crippen molar-refractivity contribution in [1.82, 2.24) is 14.4 Å². The lowest BCUT2D eigenvalue weighted by Crippen LogP contribution is -2.15. The van der Waals surface area contributed by atoms with E-state index >= 15 is 0 Å². The molecule has 0 bridgehead atoms. The van der Waals surface area contributed by atoms with E-state index in [0.29, 0.717) is 0 Å². The van der Waals surface area contributed by atoms with Crippen LogP contribution in [0.1, 0.15) is 25.0 Å². The van der Waals surface area contributed by atoms with Crippen LogP contribution in [0.25, 0.3) is 104 Å². The molecule has 0 saturated carbocycles. The summed E-state index contributed by atoms with van der Waals surface area (Å²) in [7, 11) is 0. The average molecular weight is 662 g/mol. The molecule has 0 aliphatic heterocycles. The number of aromatic nitrogens is 3. The van der Waals surface area contributed by atoms with Gasteiger partial charge in [0.2, 0.25) is 0 Å². The van der Waals surface area contributed by atoms with Gasteiger partial charge in [0.05, 0.1) is 27.8 Å². The minimum atomic E-state index is -0.119. The zero-order chi connectivity index (χ0) is 34.3. The van der Waals surface area contributed by atoms with Gasteiger partial charge in [0.1, 0.15) is 0 Å². The number of benzene rings is 8. The summed E-state index contributed by atoms with van der Waals surface area (Å²) in [5.74, 6) is 0.743. The quantitative estimate of drug-likeness (QED) is 0.136. The Morgan fingerprint density at radius 3 is 2.10 bits per heavy atom. The molecule has 0 amide bonds. The van der Waals surface area contributed by atoms with Crippen molar-refractivity contribution in [3.05, 3.63) is 163 Å². The first-order chi connectivity index (χ1) is 25.6. The van der Waals surface area contributed by atoms with Crippen LogP contribution < -0.4 is 0 Å². The topological polar surface area (TPSA) is 30.2 Å². The van der Waals surface area contributed by atoms with Crippen LogP contribution in [0.3, 0.4) is 0 Å². The fourth-order valence-electron chi connectivity index (χ4n) is 9.57. The summed E-state index contributed by atoms with van der Waals surface area (Å²) in [6.45, 7) is 4.69. The molecule has 0 saturated heterocycles. The Balaban J connectivity index is 1.20. The van der Waals surface area contributed by atoms with Crippen molar-refractivity contribution in [2.75, 3.05) is 0 Å². The molecule has 12 rings (SSSR count). The molecular formula is C49H31N3. The van der Waals surface area contributed by atoms with Gasteiger partial charge in [0.15, 0.2) is 5.82 Å². The van der Waals surface area contributed by atoms with Gasteiger partial charge in [-0.15, -0.1) is 0 Å². The monoisotopic (exact) mass is 661 g/mol. The normalized spacial score (nSPS) is 13.7. The lowest BCUT2D eigenvalue weighted by molar-refractivity contribution is 0.660. The Bertz CT molecular complexity index is 3320. The van der Waals surface area contributed by atoms with Crippen LogP contribution in [0.15, 0.2) is 152 Å². The molecule has 3 aromatic heterocycles. The number of rotatable bonds is 2. The number of nitrogens with zero attached hydrogens (tertiary/aromatic N) is 3. The van der Waals surface area contributed by atoms with Crippen LogP contribution in [-0.4, -0.2) is 14.4 Å². The van der Waals surface area contributed by atoms with E-state index in [4.69, 9.17) is 9.97 Å². The summed E-state index contributed by atoms with van der Waals surface area (Å²) >= 11 is 0. The summed E-state index contributed by atoms with van der Waals surface area (Å²) in [6.07, 6.45) is 0.